The second-order valence-corrected chi connectivity index (χ2v) is 8.94. The van der Waals surface area contributed by atoms with Gasteiger partial charge in [0.15, 0.2) is 6.61 Å². The Hall–Kier alpha value is -2.66. The molecule has 1 aromatic carbocycles. The van der Waals surface area contributed by atoms with Gasteiger partial charge >= 0.3 is 5.97 Å². The minimum Gasteiger partial charge on any atom is -0.453 e. The molecule has 0 amide bonds. The number of carbonyl (C=O) groups is 2. The van der Waals surface area contributed by atoms with Crippen molar-refractivity contribution < 1.29 is 14.3 Å². The van der Waals surface area contributed by atoms with Gasteiger partial charge in [-0.2, -0.15) is 0 Å². The summed E-state index contributed by atoms with van der Waals surface area (Å²) in [7, 11) is 0. The van der Waals surface area contributed by atoms with E-state index in [0.717, 1.165) is 36.3 Å². The molecule has 1 aliphatic rings. The van der Waals surface area contributed by atoms with Gasteiger partial charge in [-0.1, -0.05) is 6.07 Å². The third-order valence-electron chi connectivity index (χ3n) is 5.76. The van der Waals surface area contributed by atoms with E-state index in [1.165, 1.54) is 32.9 Å². The fourth-order valence-corrected chi connectivity index (χ4v) is 5.16. The summed E-state index contributed by atoms with van der Waals surface area (Å²) in [5.74, 6) is -0.577. The number of hydrogen-bond donors (Lipinski definition) is 0. The fraction of sp³-hybridized carbons (Fsp3) is 0.333. The lowest BCUT2D eigenvalue weighted by Crippen LogP contribution is -2.14. The molecule has 0 unspecified atom stereocenters. The van der Waals surface area contributed by atoms with Gasteiger partial charge < -0.3 is 9.30 Å². The number of aromatic nitrogens is 1. The number of thiophene rings is 1. The van der Waals surface area contributed by atoms with Crippen molar-refractivity contribution >= 4 is 23.1 Å². The van der Waals surface area contributed by atoms with Crippen LogP contribution in [0.1, 0.15) is 59.4 Å². The van der Waals surface area contributed by atoms with Crippen molar-refractivity contribution in [3.8, 4) is 5.69 Å². The Kier molecular flexibility index (Phi) is 5.17. The van der Waals surface area contributed by atoms with Gasteiger partial charge in [0, 0.05) is 27.5 Å². The van der Waals surface area contributed by atoms with Gasteiger partial charge in [0.05, 0.1) is 0 Å². The Morgan fingerprint density at radius 2 is 1.83 bits per heavy atom. The molecule has 0 saturated carbocycles. The maximum Gasteiger partial charge on any atom is 0.348 e. The van der Waals surface area contributed by atoms with Crippen LogP contribution in [0.3, 0.4) is 0 Å². The molecule has 0 spiro atoms. The largest absolute Gasteiger partial charge is 0.453 e. The molecule has 0 atom stereocenters. The highest BCUT2D eigenvalue weighted by Crippen LogP contribution is 2.31. The summed E-state index contributed by atoms with van der Waals surface area (Å²) in [5, 5.41) is 0. The van der Waals surface area contributed by atoms with Crippen molar-refractivity contribution in [2.24, 2.45) is 0 Å². The molecular weight excluding hydrogens is 382 g/mol. The van der Waals surface area contributed by atoms with Crippen molar-refractivity contribution in [1.82, 2.24) is 4.57 Å². The van der Waals surface area contributed by atoms with Crippen molar-refractivity contribution in [1.29, 1.82) is 0 Å². The number of esters is 1. The van der Waals surface area contributed by atoms with Crippen LogP contribution in [0.2, 0.25) is 0 Å². The molecule has 0 radical (unpaired) electrons. The zero-order valence-corrected chi connectivity index (χ0v) is 18.1. The number of fused-ring (bicyclic) bond motifs is 1. The lowest BCUT2D eigenvalue weighted by atomic mass is 10.1. The number of benzene rings is 1. The van der Waals surface area contributed by atoms with Crippen molar-refractivity contribution in [2.75, 3.05) is 6.61 Å². The minimum atomic E-state index is -0.402. The number of Topliss-reactive ketones (excluding diaryl/α,β-unsaturated/α-hetero) is 1. The first-order valence-corrected chi connectivity index (χ1v) is 10.8. The molecule has 4 rings (SSSR count). The van der Waals surface area contributed by atoms with E-state index in [2.05, 4.69) is 36.6 Å². The monoisotopic (exact) mass is 407 g/mol. The predicted molar refractivity (Wildman–Crippen MR) is 116 cm³/mol. The molecule has 29 heavy (non-hydrogen) atoms. The SMILES string of the molecule is Cc1ccc(-n2c(C)cc(C(=O)COC(=O)c3cc4c(s3)CCC4)c2C)cc1C. The number of aryl methyl sites for hydroxylation is 5. The fourth-order valence-electron chi connectivity index (χ4n) is 4.02. The van der Waals surface area contributed by atoms with Crippen molar-refractivity contribution in [3.63, 3.8) is 0 Å². The van der Waals surface area contributed by atoms with Gasteiger partial charge in [-0.25, -0.2) is 4.79 Å². The van der Waals surface area contributed by atoms with Crippen molar-refractivity contribution in [3.05, 3.63) is 73.7 Å². The summed E-state index contributed by atoms with van der Waals surface area (Å²) >= 11 is 1.50. The summed E-state index contributed by atoms with van der Waals surface area (Å²) in [6, 6.07) is 10.1. The van der Waals surface area contributed by atoms with Gasteiger partial charge in [-0.05, 0) is 87.9 Å². The van der Waals surface area contributed by atoms with Gasteiger partial charge in [0.1, 0.15) is 4.88 Å². The van der Waals surface area contributed by atoms with E-state index in [1.54, 1.807) is 0 Å². The van der Waals surface area contributed by atoms with E-state index in [0.29, 0.717) is 10.4 Å². The molecular formula is C24H25NO3S. The zero-order chi connectivity index (χ0) is 20.7. The lowest BCUT2D eigenvalue weighted by Gasteiger charge is -2.12. The Bertz CT molecular complexity index is 1100. The Morgan fingerprint density at radius 1 is 1.03 bits per heavy atom. The lowest BCUT2D eigenvalue weighted by molar-refractivity contribution is 0.0479. The van der Waals surface area contributed by atoms with Crippen LogP contribution in [-0.4, -0.2) is 22.9 Å². The van der Waals surface area contributed by atoms with Crippen LogP contribution in [0.25, 0.3) is 5.69 Å². The summed E-state index contributed by atoms with van der Waals surface area (Å²) < 4.78 is 7.41. The van der Waals surface area contributed by atoms with Crippen LogP contribution >= 0.6 is 11.3 Å². The Morgan fingerprint density at radius 3 is 2.55 bits per heavy atom. The van der Waals surface area contributed by atoms with Crippen LogP contribution in [-0.2, 0) is 17.6 Å². The van der Waals surface area contributed by atoms with Crippen LogP contribution in [0.4, 0.5) is 0 Å². The second-order valence-electron chi connectivity index (χ2n) is 7.80. The first-order chi connectivity index (χ1) is 13.8. The molecule has 4 nitrogen and oxygen atoms in total. The van der Waals surface area contributed by atoms with Gasteiger partial charge in [-0.15, -0.1) is 11.3 Å². The Labute approximate surface area is 175 Å². The maximum absolute atomic E-state index is 12.8. The summed E-state index contributed by atoms with van der Waals surface area (Å²) in [6.07, 6.45) is 3.23. The smallest absolute Gasteiger partial charge is 0.348 e. The number of rotatable bonds is 5. The molecule has 0 N–H and O–H groups in total. The van der Waals surface area contributed by atoms with E-state index >= 15 is 0 Å². The maximum atomic E-state index is 12.8. The topological polar surface area (TPSA) is 48.3 Å². The van der Waals surface area contributed by atoms with Crippen LogP contribution < -0.4 is 0 Å². The van der Waals surface area contributed by atoms with E-state index in [-0.39, 0.29) is 12.4 Å². The summed E-state index contributed by atoms with van der Waals surface area (Å²) in [6.45, 7) is 7.84. The number of ketones is 1. The quantitative estimate of drug-likeness (QED) is 0.426. The molecule has 5 heteroatoms. The molecule has 0 bridgehead atoms. The molecule has 0 fully saturated rings. The van der Waals surface area contributed by atoms with Crippen LogP contribution in [0.5, 0.6) is 0 Å². The molecule has 2 aromatic heterocycles. The van der Waals surface area contributed by atoms with E-state index in [4.69, 9.17) is 4.74 Å². The number of nitrogens with zero attached hydrogens (tertiary/aromatic N) is 1. The van der Waals surface area contributed by atoms with Gasteiger partial charge in [-0.3, -0.25) is 4.79 Å². The predicted octanol–water partition coefficient (Wildman–Crippen LogP) is 5.30. The molecule has 150 valence electrons. The van der Waals surface area contributed by atoms with Gasteiger partial charge in [0.25, 0.3) is 0 Å². The molecule has 2 heterocycles. The van der Waals surface area contributed by atoms with Crippen LogP contribution in [0.15, 0.2) is 30.3 Å². The zero-order valence-electron chi connectivity index (χ0n) is 17.3. The number of carbonyl (C=O) groups excluding carboxylic acids is 2. The third-order valence-corrected chi connectivity index (χ3v) is 6.98. The highest BCUT2D eigenvalue weighted by molar-refractivity contribution is 7.14. The summed E-state index contributed by atoms with van der Waals surface area (Å²) in [4.78, 5) is 27.0. The molecule has 1 aliphatic carbocycles. The minimum absolute atomic E-state index is 0.175. The third kappa shape index (κ3) is 3.67. The standard InChI is InChI=1S/C24H25NO3S/c1-14-8-9-19(10-15(14)2)25-16(3)11-20(17(25)4)21(26)13-28-24(27)23-12-18-6-5-7-22(18)29-23/h8-12H,5-7,13H2,1-4H3. The van der Waals surface area contributed by atoms with E-state index < -0.39 is 5.97 Å². The average molecular weight is 408 g/mol. The summed E-state index contributed by atoms with van der Waals surface area (Å²) in [5.41, 5.74) is 7.18. The van der Waals surface area contributed by atoms with Gasteiger partial charge in [0.2, 0.25) is 5.78 Å². The number of hydrogen-bond acceptors (Lipinski definition) is 4. The molecule has 0 aliphatic heterocycles. The van der Waals surface area contributed by atoms with E-state index in [1.807, 2.05) is 26.0 Å². The van der Waals surface area contributed by atoms with E-state index in [9.17, 15) is 9.59 Å². The number of ether oxygens (including phenoxy) is 1. The second kappa shape index (κ2) is 7.64. The van der Waals surface area contributed by atoms with Crippen LogP contribution in [0, 0.1) is 27.7 Å². The van der Waals surface area contributed by atoms with Crippen molar-refractivity contribution in [2.45, 2.75) is 47.0 Å². The molecule has 0 saturated heterocycles. The Balaban J connectivity index is 1.50. The highest BCUT2D eigenvalue weighted by Gasteiger charge is 2.22. The first-order valence-electron chi connectivity index (χ1n) is 9.93. The normalized spacial score (nSPS) is 12.8. The molecule has 3 aromatic rings. The highest BCUT2D eigenvalue weighted by atomic mass is 32.1. The first kappa shape index (κ1) is 19.6. The average Bonchev–Trinajstić information content (AvgIpc) is 3.35.